The lowest BCUT2D eigenvalue weighted by Crippen LogP contribution is -2.51. The fourth-order valence-electron chi connectivity index (χ4n) is 3.64. The van der Waals surface area contributed by atoms with Gasteiger partial charge in [0.15, 0.2) is 0 Å². The SMILES string of the molecule is CCCNC(=O)C(Cc1ccccc1)N(Cc1ccc(Br)cc1)C(=O)Cc1ccc(Cl)cc1Cl. The van der Waals surface area contributed by atoms with Gasteiger partial charge < -0.3 is 10.2 Å². The van der Waals surface area contributed by atoms with E-state index in [0.29, 0.717) is 35.1 Å². The Hall–Kier alpha value is -2.34. The van der Waals surface area contributed by atoms with Crippen molar-refractivity contribution in [2.45, 2.75) is 38.8 Å². The number of benzene rings is 3. The first-order valence-corrected chi connectivity index (χ1v) is 12.7. The first-order valence-electron chi connectivity index (χ1n) is 11.2. The molecule has 3 aromatic carbocycles. The third kappa shape index (κ3) is 7.59. The molecule has 7 heteroatoms. The fourth-order valence-corrected chi connectivity index (χ4v) is 4.38. The van der Waals surface area contributed by atoms with Crippen LogP contribution in [0.5, 0.6) is 0 Å². The van der Waals surface area contributed by atoms with Gasteiger partial charge >= 0.3 is 0 Å². The summed E-state index contributed by atoms with van der Waals surface area (Å²) in [5, 5.41) is 3.92. The molecule has 0 saturated heterocycles. The van der Waals surface area contributed by atoms with E-state index in [2.05, 4.69) is 21.2 Å². The van der Waals surface area contributed by atoms with Crippen LogP contribution < -0.4 is 5.32 Å². The predicted molar refractivity (Wildman–Crippen MR) is 142 cm³/mol. The van der Waals surface area contributed by atoms with Crippen LogP contribution in [0, 0.1) is 0 Å². The Labute approximate surface area is 219 Å². The highest BCUT2D eigenvalue weighted by Gasteiger charge is 2.30. The van der Waals surface area contributed by atoms with Gasteiger partial charge in [0.2, 0.25) is 11.8 Å². The summed E-state index contributed by atoms with van der Waals surface area (Å²) in [7, 11) is 0. The molecule has 0 heterocycles. The predicted octanol–water partition coefficient (Wildman–Crippen LogP) is 6.46. The summed E-state index contributed by atoms with van der Waals surface area (Å²) in [6.07, 6.45) is 1.29. The highest BCUT2D eigenvalue weighted by atomic mass is 79.9. The smallest absolute Gasteiger partial charge is 0.243 e. The maximum atomic E-state index is 13.7. The van der Waals surface area contributed by atoms with E-state index in [1.54, 1.807) is 23.1 Å². The zero-order valence-electron chi connectivity index (χ0n) is 18.9. The van der Waals surface area contributed by atoms with Crippen molar-refractivity contribution in [3.8, 4) is 0 Å². The van der Waals surface area contributed by atoms with Crippen LogP contribution in [0.2, 0.25) is 10.0 Å². The number of hydrogen-bond acceptors (Lipinski definition) is 2. The molecule has 1 atom stereocenters. The number of nitrogens with zero attached hydrogens (tertiary/aromatic N) is 1. The van der Waals surface area contributed by atoms with Crippen molar-refractivity contribution in [1.82, 2.24) is 10.2 Å². The average molecular weight is 562 g/mol. The van der Waals surface area contributed by atoms with Gasteiger partial charge in [-0.25, -0.2) is 0 Å². The quantitative estimate of drug-likeness (QED) is 0.308. The minimum absolute atomic E-state index is 0.0683. The minimum atomic E-state index is -0.670. The first-order chi connectivity index (χ1) is 16.4. The van der Waals surface area contributed by atoms with Crippen molar-refractivity contribution in [3.05, 3.63) is 104 Å². The van der Waals surface area contributed by atoms with Crippen LogP contribution in [0.3, 0.4) is 0 Å². The van der Waals surface area contributed by atoms with Crippen molar-refractivity contribution >= 4 is 50.9 Å². The van der Waals surface area contributed by atoms with Gasteiger partial charge in [0.25, 0.3) is 0 Å². The van der Waals surface area contributed by atoms with Gasteiger partial charge in [-0.05, 0) is 47.4 Å². The summed E-state index contributed by atoms with van der Waals surface area (Å²) < 4.78 is 0.948. The lowest BCUT2D eigenvalue weighted by Gasteiger charge is -2.32. The molecule has 1 N–H and O–H groups in total. The summed E-state index contributed by atoms with van der Waals surface area (Å²) in [6, 6.07) is 21.9. The highest BCUT2D eigenvalue weighted by molar-refractivity contribution is 9.10. The van der Waals surface area contributed by atoms with Gasteiger partial charge in [0.1, 0.15) is 6.04 Å². The molecule has 0 aliphatic rings. The van der Waals surface area contributed by atoms with Crippen LogP contribution in [0.25, 0.3) is 0 Å². The molecule has 178 valence electrons. The maximum absolute atomic E-state index is 13.7. The molecule has 3 rings (SSSR count). The molecule has 0 aliphatic carbocycles. The molecule has 0 saturated carbocycles. The van der Waals surface area contributed by atoms with Gasteiger partial charge in [0.05, 0.1) is 6.42 Å². The number of halogens is 3. The minimum Gasteiger partial charge on any atom is -0.354 e. The molecule has 0 aromatic heterocycles. The van der Waals surface area contributed by atoms with E-state index in [1.807, 2.05) is 61.5 Å². The largest absolute Gasteiger partial charge is 0.354 e. The van der Waals surface area contributed by atoms with E-state index in [9.17, 15) is 9.59 Å². The maximum Gasteiger partial charge on any atom is 0.243 e. The molecule has 2 amide bonds. The molecular weight excluding hydrogens is 535 g/mol. The summed E-state index contributed by atoms with van der Waals surface area (Å²) in [4.78, 5) is 28.6. The Bertz CT molecular complexity index is 1110. The lowest BCUT2D eigenvalue weighted by atomic mass is 10.0. The third-order valence-electron chi connectivity index (χ3n) is 5.44. The molecular formula is C27H27BrCl2N2O2. The summed E-state index contributed by atoms with van der Waals surface area (Å²) in [5.74, 6) is -0.349. The summed E-state index contributed by atoms with van der Waals surface area (Å²) >= 11 is 15.8. The van der Waals surface area contributed by atoms with Crippen LogP contribution in [-0.4, -0.2) is 29.3 Å². The van der Waals surface area contributed by atoms with E-state index < -0.39 is 6.04 Å². The Balaban J connectivity index is 1.96. The Morgan fingerprint density at radius 3 is 2.32 bits per heavy atom. The molecule has 34 heavy (non-hydrogen) atoms. The number of hydrogen-bond donors (Lipinski definition) is 1. The second-order valence-electron chi connectivity index (χ2n) is 8.06. The fraction of sp³-hybridized carbons (Fsp3) is 0.259. The van der Waals surface area contributed by atoms with E-state index in [4.69, 9.17) is 23.2 Å². The van der Waals surface area contributed by atoms with Crippen LogP contribution in [0.15, 0.2) is 77.3 Å². The molecule has 3 aromatic rings. The molecule has 0 aliphatic heterocycles. The van der Waals surface area contributed by atoms with Crippen LogP contribution >= 0.6 is 39.1 Å². The third-order valence-corrected chi connectivity index (χ3v) is 6.56. The Morgan fingerprint density at radius 2 is 1.68 bits per heavy atom. The monoisotopic (exact) mass is 560 g/mol. The van der Waals surface area contributed by atoms with Crippen LogP contribution in [0.4, 0.5) is 0 Å². The first kappa shape index (κ1) is 26.3. The number of rotatable bonds is 10. The normalized spacial score (nSPS) is 11.6. The van der Waals surface area contributed by atoms with E-state index >= 15 is 0 Å². The average Bonchev–Trinajstić information content (AvgIpc) is 2.83. The van der Waals surface area contributed by atoms with Crippen molar-refractivity contribution in [2.24, 2.45) is 0 Å². The summed E-state index contributed by atoms with van der Waals surface area (Å²) in [5.41, 5.74) is 2.58. The molecule has 4 nitrogen and oxygen atoms in total. The van der Waals surface area contributed by atoms with Crippen molar-refractivity contribution in [1.29, 1.82) is 0 Å². The zero-order valence-corrected chi connectivity index (χ0v) is 22.0. The molecule has 0 radical (unpaired) electrons. The van der Waals surface area contributed by atoms with Gasteiger partial charge in [-0.15, -0.1) is 0 Å². The van der Waals surface area contributed by atoms with Crippen molar-refractivity contribution in [2.75, 3.05) is 6.54 Å². The lowest BCUT2D eigenvalue weighted by molar-refractivity contribution is -0.140. The van der Waals surface area contributed by atoms with E-state index in [-0.39, 0.29) is 18.2 Å². The summed E-state index contributed by atoms with van der Waals surface area (Å²) in [6.45, 7) is 2.85. The van der Waals surface area contributed by atoms with Gasteiger partial charge in [-0.1, -0.05) is 94.6 Å². The second kappa shape index (κ2) is 12.9. The van der Waals surface area contributed by atoms with Crippen LogP contribution in [-0.2, 0) is 29.0 Å². The Kier molecular flexibility index (Phi) is 10.00. The topological polar surface area (TPSA) is 49.4 Å². The Morgan fingerprint density at radius 1 is 0.971 bits per heavy atom. The molecule has 0 bridgehead atoms. The molecule has 0 spiro atoms. The number of amides is 2. The second-order valence-corrected chi connectivity index (χ2v) is 9.82. The van der Waals surface area contributed by atoms with E-state index in [1.165, 1.54) is 0 Å². The van der Waals surface area contributed by atoms with Gasteiger partial charge in [0, 0.05) is 34.0 Å². The van der Waals surface area contributed by atoms with Crippen molar-refractivity contribution in [3.63, 3.8) is 0 Å². The molecule has 0 fully saturated rings. The van der Waals surface area contributed by atoms with Crippen LogP contribution in [0.1, 0.15) is 30.0 Å². The highest BCUT2D eigenvalue weighted by Crippen LogP contribution is 2.24. The van der Waals surface area contributed by atoms with E-state index in [0.717, 1.165) is 22.0 Å². The number of carbonyl (C=O) groups is 2. The van der Waals surface area contributed by atoms with Gasteiger partial charge in [-0.2, -0.15) is 0 Å². The number of nitrogens with one attached hydrogen (secondary N) is 1. The van der Waals surface area contributed by atoms with Gasteiger partial charge in [-0.3, -0.25) is 9.59 Å². The van der Waals surface area contributed by atoms with Crippen molar-refractivity contribution < 1.29 is 9.59 Å². The zero-order chi connectivity index (χ0) is 24.5. The number of carbonyl (C=O) groups excluding carboxylic acids is 2. The standard InChI is InChI=1S/C27H27BrCl2N2O2/c1-2-14-31-27(34)25(15-19-6-4-3-5-7-19)32(18-20-8-11-22(28)12-9-20)26(33)16-21-10-13-23(29)17-24(21)30/h3-13,17,25H,2,14-16,18H2,1H3,(H,31,34). The molecule has 1 unspecified atom stereocenters.